The number of aliphatic carboxylic acids is 2. The molecule has 1 aliphatic heterocycles. The molecule has 0 aliphatic carbocycles. The molecule has 9 heteroatoms. The molecule has 1 aromatic carbocycles. The standard InChI is InChI=1S/C8H9NO2.C5H9NO2.C5H11NO2/c1-9-7-5-3-2-4-6(7)8(10)11;7-5(8)4-2-1-3-6-4;1-3(2)4(6)5(7)8/h2-5,9H,1H3,(H,10,11);4,6H,1-3H2,(H,7,8);3-4H,6H2,1-2H3,(H,7,8). The average Bonchev–Trinajstić information content (AvgIpc) is 3.17. The molecule has 2 unspecified atom stereocenters. The maximum Gasteiger partial charge on any atom is 0.337 e. The number of carbonyl (C=O) groups is 3. The summed E-state index contributed by atoms with van der Waals surface area (Å²) in [7, 11) is 1.70. The van der Waals surface area contributed by atoms with Gasteiger partial charge in [-0.2, -0.15) is 0 Å². The first-order chi connectivity index (χ1) is 12.6. The smallest absolute Gasteiger partial charge is 0.337 e. The summed E-state index contributed by atoms with van der Waals surface area (Å²) in [5, 5.41) is 30.9. The van der Waals surface area contributed by atoms with E-state index >= 15 is 0 Å². The van der Waals surface area contributed by atoms with Gasteiger partial charge in [0.1, 0.15) is 12.1 Å². The number of carboxylic acids is 3. The Hall–Kier alpha value is -2.65. The van der Waals surface area contributed by atoms with Crippen molar-refractivity contribution in [3.63, 3.8) is 0 Å². The molecule has 0 amide bonds. The van der Waals surface area contributed by atoms with Crippen LogP contribution in [0.25, 0.3) is 0 Å². The van der Waals surface area contributed by atoms with E-state index < -0.39 is 23.9 Å². The van der Waals surface area contributed by atoms with E-state index in [1.54, 1.807) is 45.2 Å². The lowest BCUT2D eigenvalue weighted by Crippen LogP contribution is -2.34. The van der Waals surface area contributed by atoms with Crippen LogP contribution in [0.4, 0.5) is 5.69 Å². The molecule has 7 N–H and O–H groups in total. The van der Waals surface area contributed by atoms with Gasteiger partial charge in [0.05, 0.1) is 5.56 Å². The van der Waals surface area contributed by atoms with E-state index in [9.17, 15) is 14.4 Å². The molecule has 0 bridgehead atoms. The van der Waals surface area contributed by atoms with Gasteiger partial charge in [0.25, 0.3) is 0 Å². The number of para-hydroxylation sites is 1. The van der Waals surface area contributed by atoms with Gasteiger partial charge >= 0.3 is 17.9 Å². The van der Waals surface area contributed by atoms with Crippen molar-refractivity contribution in [1.82, 2.24) is 5.32 Å². The van der Waals surface area contributed by atoms with Gasteiger partial charge in [-0.1, -0.05) is 26.0 Å². The molecule has 1 aliphatic rings. The predicted molar refractivity (Wildman–Crippen MR) is 102 cm³/mol. The van der Waals surface area contributed by atoms with Gasteiger partial charge in [-0.05, 0) is 37.4 Å². The van der Waals surface area contributed by atoms with E-state index in [0.717, 1.165) is 19.4 Å². The number of rotatable bonds is 5. The Morgan fingerprint density at radius 1 is 1.19 bits per heavy atom. The largest absolute Gasteiger partial charge is 0.480 e. The normalized spacial score (nSPS) is 16.3. The van der Waals surface area contributed by atoms with Crippen LogP contribution in [0.3, 0.4) is 0 Å². The Bertz CT molecular complexity index is 603. The van der Waals surface area contributed by atoms with E-state index in [1.807, 2.05) is 0 Å². The van der Waals surface area contributed by atoms with Crippen LogP contribution in [0.2, 0.25) is 0 Å². The zero-order valence-corrected chi connectivity index (χ0v) is 15.8. The quantitative estimate of drug-likeness (QED) is 0.440. The third kappa shape index (κ3) is 9.57. The summed E-state index contributed by atoms with van der Waals surface area (Å²) in [5.41, 5.74) is 6.10. The first-order valence-electron chi connectivity index (χ1n) is 8.56. The maximum atomic E-state index is 10.5. The van der Waals surface area contributed by atoms with Crippen LogP contribution in [-0.2, 0) is 9.59 Å². The number of anilines is 1. The second-order valence-electron chi connectivity index (χ2n) is 6.20. The van der Waals surface area contributed by atoms with Crippen molar-refractivity contribution in [1.29, 1.82) is 0 Å². The zero-order chi connectivity index (χ0) is 21.0. The molecule has 1 heterocycles. The Labute approximate surface area is 158 Å². The molecule has 152 valence electrons. The highest BCUT2D eigenvalue weighted by molar-refractivity contribution is 5.94. The summed E-state index contributed by atoms with van der Waals surface area (Å²) in [6.07, 6.45) is 1.78. The minimum atomic E-state index is -0.931. The second-order valence-corrected chi connectivity index (χ2v) is 6.20. The van der Waals surface area contributed by atoms with E-state index in [1.165, 1.54) is 0 Å². The van der Waals surface area contributed by atoms with Crippen LogP contribution in [0, 0.1) is 5.92 Å². The molecule has 1 fully saturated rings. The van der Waals surface area contributed by atoms with Crippen molar-refractivity contribution in [2.75, 3.05) is 18.9 Å². The van der Waals surface area contributed by atoms with Crippen LogP contribution in [0.15, 0.2) is 24.3 Å². The van der Waals surface area contributed by atoms with Crippen molar-refractivity contribution in [3.05, 3.63) is 29.8 Å². The summed E-state index contributed by atoms with van der Waals surface area (Å²) in [5.74, 6) is -2.54. The summed E-state index contributed by atoms with van der Waals surface area (Å²) < 4.78 is 0. The zero-order valence-electron chi connectivity index (χ0n) is 15.8. The topological polar surface area (TPSA) is 162 Å². The van der Waals surface area contributed by atoms with Crippen molar-refractivity contribution >= 4 is 23.6 Å². The molecular formula is C18H29N3O6. The monoisotopic (exact) mass is 383 g/mol. The van der Waals surface area contributed by atoms with Crippen LogP contribution < -0.4 is 16.4 Å². The highest BCUT2D eigenvalue weighted by Gasteiger charge is 2.20. The molecule has 0 aromatic heterocycles. The summed E-state index contributed by atoms with van der Waals surface area (Å²) in [4.78, 5) is 30.7. The van der Waals surface area contributed by atoms with E-state index in [0.29, 0.717) is 11.3 Å². The van der Waals surface area contributed by atoms with Crippen molar-refractivity contribution in [2.45, 2.75) is 38.8 Å². The highest BCUT2D eigenvalue weighted by atomic mass is 16.4. The van der Waals surface area contributed by atoms with Crippen molar-refractivity contribution < 1.29 is 29.7 Å². The number of aromatic carboxylic acids is 1. The third-order valence-electron chi connectivity index (χ3n) is 3.79. The lowest BCUT2D eigenvalue weighted by molar-refractivity contribution is -0.140. The number of benzene rings is 1. The molecule has 9 nitrogen and oxygen atoms in total. The van der Waals surface area contributed by atoms with E-state index in [4.69, 9.17) is 21.1 Å². The first-order valence-corrected chi connectivity index (χ1v) is 8.56. The molecule has 2 atom stereocenters. The number of nitrogens with two attached hydrogens (primary N) is 1. The Balaban J connectivity index is 0.000000384. The van der Waals surface area contributed by atoms with Gasteiger partial charge in [-0.25, -0.2) is 4.79 Å². The minimum absolute atomic E-state index is 0.0208. The fourth-order valence-corrected chi connectivity index (χ4v) is 2.07. The molecule has 0 saturated carbocycles. The molecule has 1 saturated heterocycles. The maximum absolute atomic E-state index is 10.5. The van der Waals surface area contributed by atoms with Crippen LogP contribution in [0.1, 0.15) is 37.0 Å². The van der Waals surface area contributed by atoms with Gasteiger partial charge < -0.3 is 31.7 Å². The fraction of sp³-hybridized carbons (Fsp3) is 0.500. The molecule has 27 heavy (non-hydrogen) atoms. The summed E-state index contributed by atoms with van der Waals surface area (Å²) in [6, 6.07) is 5.80. The van der Waals surface area contributed by atoms with E-state index in [-0.39, 0.29) is 12.0 Å². The van der Waals surface area contributed by atoms with Crippen LogP contribution in [0.5, 0.6) is 0 Å². The molecule has 2 rings (SSSR count). The van der Waals surface area contributed by atoms with Crippen molar-refractivity contribution in [2.24, 2.45) is 11.7 Å². The Kier molecular flexibility index (Phi) is 11.4. The Morgan fingerprint density at radius 3 is 2.04 bits per heavy atom. The summed E-state index contributed by atoms with van der Waals surface area (Å²) >= 11 is 0. The molecule has 1 aromatic rings. The van der Waals surface area contributed by atoms with Crippen LogP contribution in [-0.4, -0.2) is 58.9 Å². The number of nitrogens with one attached hydrogen (secondary N) is 2. The van der Waals surface area contributed by atoms with Gasteiger partial charge in [-0.3, -0.25) is 9.59 Å². The lowest BCUT2D eigenvalue weighted by atomic mass is 10.1. The highest BCUT2D eigenvalue weighted by Crippen LogP contribution is 2.13. The summed E-state index contributed by atoms with van der Waals surface area (Å²) in [6.45, 7) is 4.41. The minimum Gasteiger partial charge on any atom is -0.480 e. The third-order valence-corrected chi connectivity index (χ3v) is 3.79. The number of carboxylic acid groups (broad SMARTS) is 3. The Morgan fingerprint density at radius 2 is 1.78 bits per heavy atom. The van der Waals surface area contributed by atoms with E-state index in [2.05, 4.69) is 10.6 Å². The fourth-order valence-electron chi connectivity index (χ4n) is 2.07. The average molecular weight is 383 g/mol. The second kappa shape index (κ2) is 12.7. The number of hydrogen-bond acceptors (Lipinski definition) is 6. The van der Waals surface area contributed by atoms with Crippen molar-refractivity contribution in [3.8, 4) is 0 Å². The first kappa shape index (κ1) is 24.4. The van der Waals surface area contributed by atoms with Gasteiger partial charge in [-0.15, -0.1) is 0 Å². The SMILES string of the molecule is CC(C)C(N)C(=O)O.CNc1ccccc1C(=O)O.O=C(O)C1CCCN1. The predicted octanol–water partition coefficient (Wildman–Crippen LogP) is 1.30. The van der Waals surface area contributed by atoms with Crippen LogP contribution >= 0.6 is 0 Å². The number of hydrogen-bond donors (Lipinski definition) is 6. The molecule has 0 spiro atoms. The van der Waals surface area contributed by atoms with Gasteiger partial charge in [0, 0.05) is 12.7 Å². The van der Waals surface area contributed by atoms with Gasteiger partial charge in [0.2, 0.25) is 0 Å². The molecular weight excluding hydrogens is 354 g/mol. The molecule has 0 radical (unpaired) electrons. The lowest BCUT2D eigenvalue weighted by Gasteiger charge is -2.07. The van der Waals surface area contributed by atoms with Gasteiger partial charge in [0.15, 0.2) is 0 Å².